The Kier molecular flexibility index (Phi) is 5.27. The minimum absolute atomic E-state index is 0.439. The van der Waals surface area contributed by atoms with Crippen molar-refractivity contribution in [2.45, 2.75) is 45.6 Å². The number of hydrogen-bond acceptors (Lipinski definition) is 3. The summed E-state index contributed by atoms with van der Waals surface area (Å²) < 4.78 is 18.7. The predicted octanol–water partition coefficient (Wildman–Crippen LogP) is 5.14. The molecule has 3 nitrogen and oxygen atoms in total. The molecule has 0 aliphatic carbocycles. The molecule has 128 valence electrons. The molecule has 0 saturated heterocycles. The van der Waals surface area contributed by atoms with Crippen LogP contribution in [0.25, 0.3) is 0 Å². The lowest BCUT2D eigenvalue weighted by atomic mass is 9.96. The van der Waals surface area contributed by atoms with E-state index in [4.69, 9.17) is 4.74 Å². The molecule has 2 rings (SSSR count). The zero-order chi connectivity index (χ0) is 17.9. The molecule has 0 fully saturated rings. The van der Waals surface area contributed by atoms with Crippen molar-refractivity contribution in [2.75, 3.05) is 0 Å². The molecule has 0 bridgehead atoms. The van der Waals surface area contributed by atoms with Crippen LogP contribution in [0, 0.1) is 5.82 Å². The molecule has 0 amide bonds. The number of phenols is 1. The molecule has 2 aromatic rings. The zero-order valence-electron chi connectivity index (χ0n) is 14.5. The molecule has 0 aliphatic rings. The van der Waals surface area contributed by atoms with Gasteiger partial charge in [0.15, 0.2) is 11.6 Å². The van der Waals surface area contributed by atoms with Gasteiger partial charge >= 0.3 is 5.97 Å². The molecule has 0 heterocycles. The molecule has 4 heteroatoms. The number of carbonyl (C=O) groups is 1. The van der Waals surface area contributed by atoms with E-state index in [1.165, 1.54) is 17.7 Å². The Morgan fingerprint density at radius 1 is 1.21 bits per heavy atom. The first kappa shape index (κ1) is 18.0. The zero-order valence-corrected chi connectivity index (χ0v) is 14.5. The number of esters is 1. The summed E-state index contributed by atoms with van der Waals surface area (Å²) in [7, 11) is 0. The predicted molar refractivity (Wildman–Crippen MR) is 91.7 cm³/mol. The molecule has 24 heavy (non-hydrogen) atoms. The molecule has 1 N–H and O–H groups in total. The normalized spacial score (nSPS) is 12.7. The van der Waals surface area contributed by atoms with E-state index in [0.29, 0.717) is 17.0 Å². The van der Waals surface area contributed by atoms with E-state index in [1.807, 2.05) is 12.1 Å². The van der Waals surface area contributed by atoms with Gasteiger partial charge in [0.05, 0.1) is 5.56 Å². The number of aromatic hydroxyl groups is 1. The minimum atomic E-state index is -0.988. The fourth-order valence-corrected chi connectivity index (χ4v) is 2.42. The summed E-state index contributed by atoms with van der Waals surface area (Å²) in [6, 6.07) is 11.3. The van der Waals surface area contributed by atoms with Gasteiger partial charge in [0.25, 0.3) is 0 Å². The molecule has 0 radical (unpaired) electrons. The summed E-state index contributed by atoms with van der Waals surface area (Å²) in [6.45, 7) is 7.65. The fraction of sp³-hybridized carbons (Fsp3) is 0.350. The average Bonchev–Trinajstić information content (AvgIpc) is 2.56. The highest BCUT2D eigenvalue weighted by Crippen LogP contribution is 2.30. The number of halogens is 1. The van der Waals surface area contributed by atoms with E-state index in [9.17, 15) is 14.3 Å². The first-order valence-electron chi connectivity index (χ1n) is 8.07. The van der Waals surface area contributed by atoms with Crippen molar-refractivity contribution in [2.24, 2.45) is 0 Å². The van der Waals surface area contributed by atoms with Gasteiger partial charge in [-0.15, -0.1) is 0 Å². The highest BCUT2D eigenvalue weighted by molar-refractivity contribution is 5.89. The van der Waals surface area contributed by atoms with E-state index in [1.54, 1.807) is 26.0 Å². The van der Waals surface area contributed by atoms with E-state index in [2.05, 4.69) is 13.8 Å². The maximum Gasteiger partial charge on any atom is 0.338 e. The van der Waals surface area contributed by atoms with Crippen LogP contribution >= 0.6 is 0 Å². The lowest BCUT2D eigenvalue weighted by Crippen LogP contribution is -2.25. The van der Waals surface area contributed by atoms with Crippen LogP contribution in [0.3, 0.4) is 0 Å². The molecule has 2 aromatic carbocycles. The maximum absolute atomic E-state index is 13.2. The molecule has 0 aliphatic heterocycles. The van der Waals surface area contributed by atoms with E-state index in [-0.39, 0.29) is 0 Å². The third kappa shape index (κ3) is 3.94. The number of hydrogen-bond donors (Lipinski definition) is 1. The van der Waals surface area contributed by atoms with E-state index in [0.717, 1.165) is 12.5 Å². The Labute approximate surface area is 142 Å². The number of ether oxygens (including phenoxy) is 1. The fourth-order valence-electron chi connectivity index (χ4n) is 2.42. The van der Waals surface area contributed by atoms with Crippen molar-refractivity contribution < 1.29 is 19.0 Å². The van der Waals surface area contributed by atoms with Crippen LogP contribution in [0.2, 0.25) is 0 Å². The Morgan fingerprint density at radius 3 is 2.38 bits per heavy atom. The van der Waals surface area contributed by atoms with Crippen molar-refractivity contribution in [3.8, 4) is 5.75 Å². The van der Waals surface area contributed by atoms with Gasteiger partial charge < -0.3 is 9.84 Å². The Hall–Kier alpha value is -2.36. The number of carbonyl (C=O) groups excluding carboxylic acids is 1. The van der Waals surface area contributed by atoms with Gasteiger partial charge in [-0.2, -0.15) is 0 Å². The van der Waals surface area contributed by atoms with Crippen LogP contribution in [0.5, 0.6) is 5.75 Å². The molecular weight excluding hydrogens is 307 g/mol. The van der Waals surface area contributed by atoms with Crippen molar-refractivity contribution in [3.63, 3.8) is 0 Å². The van der Waals surface area contributed by atoms with Crippen molar-refractivity contribution in [1.82, 2.24) is 0 Å². The van der Waals surface area contributed by atoms with Gasteiger partial charge in [-0.1, -0.05) is 32.0 Å². The number of phenolic OH excluding ortho intramolecular Hbond substituents is 1. The molecular formula is C20H23FO3. The second kappa shape index (κ2) is 7.04. The van der Waals surface area contributed by atoms with Gasteiger partial charge in [0, 0.05) is 0 Å². The summed E-state index contributed by atoms with van der Waals surface area (Å²) >= 11 is 0. The van der Waals surface area contributed by atoms with Gasteiger partial charge in [-0.3, -0.25) is 0 Å². The summed E-state index contributed by atoms with van der Waals surface area (Å²) in [5, 5.41) is 9.50. The molecule has 0 saturated carbocycles. The Bertz CT molecular complexity index is 720. The van der Waals surface area contributed by atoms with Crippen molar-refractivity contribution in [3.05, 3.63) is 65.0 Å². The largest absolute Gasteiger partial charge is 0.505 e. The topological polar surface area (TPSA) is 46.5 Å². The second-order valence-corrected chi connectivity index (χ2v) is 6.50. The lowest BCUT2D eigenvalue weighted by Gasteiger charge is -2.26. The van der Waals surface area contributed by atoms with E-state index >= 15 is 0 Å². The highest BCUT2D eigenvalue weighted by atomic mass is 19.1. The summed E-state index contributed by atoms with van der Waals surface area (Å²) in [5.41, 5.74) is 1.17. The third-order valence-electron chi connectivity index (χ3n) is 4.32. The number of benzene rings is 2. The Balaban J connectivity index is 2.16. The molecule has 0 spiro atoms. The van der Waals surface area contributed by atoms with Gasteiger partial charge in [0.1, 0.15) is 5.60 Å². The Morgan fingerprint density at radius 2 is 1.83 bits per heavy atom. The summed E-state index contributed by atoms with van der Waals surface area (Å²) in [4.78, 5) is 12.4. The average molecular weight is 330 g/mol. The smallest absolute Gasteiger partial charge is 0.338 e. The van der Waals surface area contributed by atoms with Crippen LogP contribution in [-0.4, -0.2) is 11.1 Å². The molecule has 0 aromatic heterocycles. The van der Waals surface area contributed by atoms with Crippen LogP contribution in [0.15, 0.2) is 42.5 Å². The van der Waals surface area contributed by atoms with Crippen LogP contribution in [0.4, 0.5) is 4.39 Å². The first-order chi connectivity index (χ1) is 11.2. The third-order valence-corrected chi connectivity index (χ3v) is 4.32. The maximum atomic E-state index is 13.2. The summed E-state index contributed by atoms with van der Waals surface area (Å²) in [5.74, 6) is -1.19. The SMILES string of the molecule is CCC(C)c1ccc(C(=O)OC(C)(C)c2ccc(F)c(O)c2)cc1. The molecule has 1 unspecified atom stereocenters. The minimum Gasteiger partial charge on any atom is -0.505 e. The first-order valence-corrected chi connectivity index (χ1v) is 8.07. The summed E-state index contributed by atoms with van der Waals surface area (Å²) in [6.07, 6.45) is 1.03. The lowest BCUT2D eigenvalue weighted by molar-refractivity contribution is -0.00325. The highest BCUT2D eigenvalue weighted by Gasteiger charge is 2.27. The van der Waals surface area contributed by atoms with Crippen LogP contribution in [-0.2, 0) is 10.3 Å². The van der Waals surface area contributed by atoms with Gasteiger partial charge in [0.2, 0.25) is 0 Å². The monoisotopic (exact) mass is 330 g/mol. The van der Waals surface area contributed by atoms with Gasteiger partial charge in [-0.05, 0) is 61.6 Å². The van der Waals surface area contributed by atoms with Crippen molar-refractivity contribution >= 4 is 5.97 Å². The second-order valence-electron chi connectivity index (χ2n) is 6.50. The van der Waals surface area contributed by atoms with Crippen LogP contribution in [0.1, 0.15) is 61.5 Å². The standard InChI is InChI=1S/C20H23FO3/c1-5-13(2)14-6-8-15(9-7-14)19(23)24-20(3,4)16-10-11-17(21)18(22)12-16/h6-13,22H,5H2,1-4H3. The van der Waals surface area contributed by atoms with E-state index < -0.39 is 23.1 Å². The molecule has 1 atom stereocenters. The number of rotatable bonds is 5. The van der Waals surface area contributed by atoms with Crippen LogP contribution < -0.4 is 0 Å². The quantitative estimate of drug-likeness (QED) is 0.772. The van der Waals surface area contributed by atoms with Gasteiger partial charge in [-0.25, -0.2) is 9.18 Å². The van der Waals surface area contributed by atoms with Crippen molar-refractivity contribution in [1.29, 1.82) is 0 Å².